The second-order valence-corrected chi connectivity index (χ2v) is 6.79. The third-order valence-corrected chi connectivity index (χ3v) is 4.70. The van der Waals surface area contributed by atoms with E-state index in [-0.39, 0.29) is 24.0 Å². The number of carbonyl (C=O) groups is 2. The van der Waals surface area contributed by atoms with Crippen molar-refractivity contribution in [3.8, 4) is 0 Å². The van der Waals surface area contributed by atoms with Gasteiger partial charge in [-0.3, -0.25) is 9.59 Å². The van der Waals surface area contributed by atoms with Crippen LogP contribution >= 0.6 is 0 Å². The number of amides is 2. The highest BCUT2D eigenvalue weighted by atomic mass is 16.3. The minimum Gasteiger partial charge on any atom is -0.391 e. The second kappa shape index (κ2) is 11.4. The van der Waals surface area contributed by atoms with Crippen molar-refractivity contribution < 1.29 is 14.7 Å². The van der Waals surface area contributed by atoms with Crippen LogP contribution in [0.25, 0.3) is 0 Å². The second-order valence-electron chi connectivity index (χ2n) is 6.79. The molecule has 5 nitrogen and oxygen atoms in total. The van der Waals surface area contributed by atoms with Crippen LogP contribution in [0.1, 0.15) is 77.6 Å². The molecule has 1 aliphatic rings. The number of unbranched alkanes of at least 4 members (excludes halogenated alkanes) is 7. The van der Waals surface area contributed by atoms with E-state index in [0.717, 1.165) is 25.7 Å². The van der Waals surface area contributed by atoms with E-state index in [0.29, 0.717) is 25.8 Å². The number of hydrogen-bond donors (Lipinski definition) is 2. The molecule has 0 bridgehead atoms. The Labute approximate surface area is 140 Å². The van der Waals surface area contributed by atoms with Gasteiger partial charge in [-0.05, 0) is 26.2 Å². The Bertz CT molecular complexity index is 360. The molecular formula is C18H34N2O3. The third kappa shape index (κ3) is 8.35. The SMILES string of the molecule is CNC(=O)CCCCCCCCCCC(=O)N1CC(O)CC1C. The summed E-state index contributed by atoms with van der Waals surface area (Å²) in [4.78, 5) is 25.0. The number of nitrogens with zero attached hydrogens (tertiary/aromatic N) is 1. The van der Waals surface area contributed by atoms with E-state index in [1.54, 1.807) is 7.05 Å². The van der Waals surface area contributed by atoms with Crippen molar-refractivity contribution in [2.45, 2.75) is 89.7 Å². The highest BCUT2D eigenvalue weighted by Crippen LogP contribution is 2.19. The van der Waals surface area contributed by atoms with Gasteiger partial charge in [-0.2, -0.15) is 0 Å². The van der Waals surface area contributed by atoms with Gasteiger partial charge in [0.25, 0.3) is 0 Å². The normalized spacial score (nSPS) is 20.7. The monoisotopic (exact) mass is 326 g/mol. The lowest BCUT2D eigenvalue weighted by molar-refractivity contribution is -0.132. The van der Waals surface area contributed by atoms with Gasteiger partial charge in [0.2, 0.25) is 11.8 Å². The number of rotatable bonds is 11. The van der Waals surface area contributed by atoms with Crippen LogP contribution in [0.15, 0.2) is 0 Å². The van der Waals surface area contributed by atoms with Gasteiger partial charge < -0.3 is 15.3 Å². The molecule has 1 rings (SSSR count). The van der Waals surface area contributed by atoms with Crippen LogP contribution in [0.2, 0.25) is 0 Å². The van der Waals surface area contributed by atoms with Crippen molar-refractivity contribution in [1.82, 2.24) is 10.2 Å². The van der Waals surface area contributed by atoms with Crippen molar-refractivity contribution in [3.05, 3.63) is 0 Å². The first-order valence-electron chi connectivity index (χ1n) is 9.22. The number of nitrogens with one attached hydrogen (secondary N) is 1. The zero-order valence-corrected chi connectivity index (χ0v) is 14.9. The van der Waals surface area contributed by atoms with Crippen LogP contribution in [0, 0.1) is 0 Å². The van der Waals surface area contributed by atoms with Crippen LogP contribution < -0.4 is 5.32 Å². The molecule has 0 aromatic carbocycles. The van der Waals surface area contributed by atoms with Gasteiger partial charge in [0.15, 0.2) is 0 Å². The van der Waals surface area contributed by atoms with Crippen LogP contribution in [-0.2, 0) is 9.59 Å². The Kier molecular flexibility index (Phi) is 9.92. The van der Waals surface area contributed by atoms with Gasteiger partial charge in [-0.15, -0.1) is 0 Å². The quantitative estimate of drug-likeness (QED) is 0.573. The number of β-amino-alcohol motifs (C(OH)–C–C–N with tert-alkyl or cyclic N) is 1. The largest absolute Gasteiger partial charge is 0.391 e. The summed E-state index contributed by atoms with van der Waals surface area (Å²) < 4.78 is 0. The summed E-state index contributed by atoms with van der Waals surface area (Å²) in [7, 11) is 1.68. The van der Waals surface area contributed by atoms with Gasteiger partial charge in [0.05, 0.1) is 6.10 Å². The lowest BCUT2D eigenvalue weighted by Crippen LogP contribution is -2.34. The molecular weight excluding hydrogens is 292 g/mol. The van der Waals surface area contributed by atoms with Crippen molar-refractivity contribution in [2.24, 2.45) is 0 Å². The summed E-state index contributed by atoms with van der Waals surface area (Å²) in [5.74, 6) is 0.331. The van der Waals surface area contributed by atoms with Crippen molar-refractivity contribution >= 4 is 11.8 Å². The molecule has 0 aliphatic carbocycles. The Morgan fingerprint density at radius 1 is 1.00 bits per heavy atom. The predicted octanol–water partition coefficient (Wildman–Crippen LogP) is 2.62. The van der Waals surface area contributed by atoms with E-state index in [4.69, 9.17) is 0 Å². The maximum absolute atomic E-state index is 12.1. The molecule has 0 aromatic rings. The van der Waals surface area contributed by atoms with E-state index >= 15 is 0 Å². The number of aliphatic hydroxyl groups excluding tert-OH is 1. The predicted molar refractivity (Wildman–Crippen MR) is 92.0 cm³/mol. The van der Waals surface area contributed by atoms with E-state index < -0.39 is 0 Å². The van der Waals surface area contributed by atoms with E-state index in [9.17, 15) is 14.7 Å². The summed E-state index contributed by atoms with van der Waals surface area (Å²) in [6, 6.07) is 0.187. The highest BCUT2D eigenvalue weighted by Gasteiger charge is 2.30. The maximum atomic E-state index is 12.1. The molecule has 2 atom stereocenters. The minimum atomic E-state index is -0.336. The van der Waals surface area contributed by atoms with Crippen LogP contribution in [0.3, 0.4) is 0 Å². The highest BCUT2D eigenvalue weighted by molar-refractivity contribution is 5.76. The van der Waals surface area contributed by atoms with Crippen molar-refractivity contribution in [1.29, 1.82) is 0 Å². The Morgan fingerprint density at radius 2 is 1.52 bits per heavy atom. The number of carbonyl (C=O) groups excluding carboxylic acids is 2. The third-order valence-electron chi connectivity index (χ3n) is 4.70. The van der Waals surface area contributed by atoms with E-state index in [2.05, 4.69) is 5.32 Å². The van der Waals surface area contributed by atoms with E-state index in [1.165, 1.54) is 25.7 Å². The molecule has 0 aromatic heterocycles. The van der Waals surface area contributed by atoms with Gasteiger partial charge in [-0.25, -0.2) is 0 Å². The van der Waals surface area contributed by atoms with Crippen LogP contribution in [0.5, 0.6) is 0 Å². The molecule has 1 heterocycles. The smallest absolute Gasteiger partial charge is 0.222 e. The zero-order chi connectivity index (χ0) is 17.1. The van der Waals surface area contributed by atoms with Gasteiger partial charge >= 0.3 is 0 Å². The number of aliphatic hydroxyl groups is 1. The molecule has 0 spiro atoms. The molecule has 5 heteroatoms. The summed E-state index contributed by atoms with van der Waals surface area (Å²) in [5.41, 5.74) is 0. The molecule has 134 valence electrons. The first kappa shape index (κ1) is 19.9. The van der Waals surface area contributed by atoms with Gasteiger partial charge in [0, 0.05) is 32.5 Å². The Morgan fingerprint density at radius 3 is 2.00 bits per heavy atom. The first-order valence-corrected chi connectivity index (χ1v) is 9.22. The van der Waals surface area contributed by atoms with Gasteiger partial charge in [-0.1, -0.05) is 38.5 Å². The molecule has 1 aliphatic heterocycles. The average molecular weight is 326 g/mol. The van der Waals surface area contributed by atoms with Crippen molar-refractivity contribution in [3.63, 3.8) is 0 Å². The molecule has 1 fully saturated rings. The first-order chi connectivity index (χ1) is 11.0. The summed E-state index contributed by atoms with van der Waals surface area (Å²) in [6.45, 7) is 2.52. The minimum absolute atomic E-state index is 0.134. The molecule has 1 saturated heterocycles. The lowest BCUT2D eigenvalue weighted by Gasteiger charge is -2.21. The topological polar surface area (TPSA) is 69.6 Å². The van der Waals surface area contributed by atoms with E-state index in [1.807, 2.05) is 11.8 Å². The standard InChI is InChI=1S/C18H34N2O3/c1-15-13-16(21)14-20(15)18(23)12-10-8-6-4-3-5-7-9-11-17(22)19-2/h15-16,21H,3-14H2,1-2H3,(H,19,22). The summed E-state index contributed by atoms with van der Waals surface area (Å²) in [6.07, 6.45) is 10.6. The molecule has 2 amide bonds. The molecule has 2 unspecified atom stereocenters. The van der Waals surface area contributed by atoms with Gasteiger partial charge in [0.1, 0.15) is 0 Å². The maximum Gasteiger partial charge on any atom is 0.222 e. The number of hydrogen-bond acceptors (Lipinski definition) is 3. The summed E-state index contributed by atoms with van der Waals surface area (Å²) in [5, 5.41) is 12.2. The molecule has 2 N–H and O–H groups in total. The Balaban J connectivity index is 1.90. The summed E-state index contributed by atoms with van der Waals surface area (Å²) >= 11 is 0. The molecule has 0 saturated carbocycles. The fourth-order valence-corrected chi connectivity index (χ4v) is 3.24. The lowest BCUT2D eigenvalue weighted by atomic mass is 10.1. The number of likely N-dealkylation sites (tertiary alicyclic amines) is 1. The molecule has 0 radical (unpaired) electrons. The van der Waals surface area contributed by atoms with Crippen LogP contribution in [0.4, 0.5) is 0 Å². The average Bonchev–Trinajstić information content (AvgIpc) is 2.87. The fraction of sp³-hybridized carbons (Fsp3) is 0.889. The van der Waals surface area contributed by atoms with Crippen LogP contribution in [-0.4, -0.2) is 47.6 Å². The van der Waals surface area contributed by atoms with Crippen molar-refractivity contribution in [2.75, 3.05) is 13.6 Å². The molecule has 23 heavy (non-hydrogen) atoms. The fourth-order valence-electron chi connectivity index (χ4n) is 3.24. The Hall–Kier alpha value is -1.10. The zero-order valence-electron chi connectivity index (χ0n) is 14.9.